The van der Waals surface area contributed by atoms with Gasteiger partial charge in [-0.2, -0.15) is 0 Å². The Bertz CT molecular complexity index is 1650. The number of hydrogen-bond donors (Lipinski definition) is 2. The maximum atomic E-state index is 10.1. The molecule has 0 aliphatic heterocycles. The fraction of sp³-hybridized carbons (Fsp3) is 0.143. The van der Waals surface area contributed by atoms with E-state index in [1.165, 1.54) is 5.57 Å². The molecule has 2 N–H and O–H groups in total. The third-order valence-electron chi connectivity index (χ3n) is 7.16. The molecule has 0 saturated carbocycles. The van der Waals surface area contributed by atoms with Gasteiger partial charge in [0.15, 0.2) is 0 Å². The van der Waals surface area contributed by atoms with E-state index in [1.54, 1.807) is 6.07 Å². The molecule has 0 fully saturated rings. The molecule has 1 aromatic heterocycles. The highest BCUT2D eigenvalue weighted by Gasteiger charge is 2.41. The maximum Gasteiger partial charge on any atom is 0.492 e. The SMILES string of the molecule is C=C/C=C1\C(=C/C)C(C)(C)c2c1cc1c3ccccc3c3ccc(B(O)O)c4oc2c1c43. The molecule has 4 aromatic carbocycles. The van der Waals surface area contributed by atoms with Crippen molar-refractivity contribution in [3.8, 4) is 0 Å². The van der Waals surface area contributed by atoms with Crippen LogP contribution in [0.15, 0.2) is 77.3 Å². The fourth-order valence-corrected chi connectivity index (χ4v) is 5.92. The zero-order valence-corrected chi connectivity index (χ0v) is 18.4. The maximum absolute atomic E-state index is 10.1. The lowest BCUT2D eigenvalue weighted by Gasteiger charge is -2.22. The molecule has 6 rings (SSSR count). The molecule has 0 unspecified atom stereocenters. The smallest absolute Gasteiger partial charge is 0.456 e. The Hall–Kier alpha value is -3.34. The van der Waals surface area contributed by atoms with Crippen LogP contribution in [0, 0.1) is 0 Å². The van der Waals surface area contributed by atoms with Gasteiger partial charge in [0, 0.05) is 27.2 Å². The monoisotopic (exact) mass is 418 g/mol. The van der Waals surface area contributed by atoms with Gasteiger partial charge in [0.1, 0.15) is 11.2 Å². The first-order valence-corrected chi connectivity index (χ1v) is 10.9. The van der Waals surface area contributed by atoms with Crippen LogP contribution < -0.4 is 5.46 Å². The minimum absolute atomic E-state index is 0.263. The highest BCUT2D eigenvalue weighted by molar-refractivity contribution is 6.62. The van der Waals surface area contributed by atoms with Crippen LogP contribution in [0.4, 0.5) is 0 Å². The number of hydrogen-bond acceptors (Lipinski definition) is 3. The third-order valence-corrected chi connectivity index (χ3v) is 7.16. The summed E-state index contributed by atoms with van der Waals surface area (Å²) in [5.74, 6) is 0. The fourth-order valence-electron chi connectivity index (χ4n) is 5.92. The second-order valence-electron chi connectivity index (χ2n) is 9.12. The lowest BCUT2D eigenvalue weighted by atomic mass is 9.77. The minimum atomic E-state index is -1.60. The minimum Gasteiger partial charge on any atom is -0.456 e. The summed E-state index contributed by atoms with van der Waals surface area (Å²) in [7, 11) is -1.60. The Morgan fingerprint density at radius 2 is 1.62 bits per heavy atom. The van der Waals surface area contributed by atoms with Crippen molar-refractivity contribution in [3.63, 3.8) is 0 Å². The van der Waals surface area contributed by atoms with Gasteiger partial charge >= 0.3 is 7.12 Å². The van der Waals surface area contributed by atoms with Crippen LogP contribution in [-0.4, -0.2) is 17.2 Å². The Morgan fingerprint density at radius 1 is 0.938 bits per heavy atom. The van der Waals surface area contributed by atoms with E-state index < -0.39 is 7.12 Å². The van der Waals surface area contributed by atoms with E-state index in [1.807, 2.05) is 18.2 Å². The largest absolute Gasteiger partial charge is 0.492 e. The van der Waals surface area contributed by atoms with Crippen LogP contribution in [0.3, 0.4) is 0 Å². The first-order chi connectivity index (χ1) is 15.4. The average molecular weight is 418 g/mol. The molecule has 0 radical (unpaired) electrons. The van der Waals surface area contributed by atoms with Gasteiger partial charge in [-0.15, -0.1) is 0 Å². The molecule has 156 valence electrons. The lowest BCUT2D eigenvalue weighted by Crippen LogP contribution is -2.30. The highest BCUT2D eigenvalue weighted by atomic mass is 16.4. The van der Waals surface area contributed by atoms with E-state index in [2.05, 4.69) is 63.8 Å². The van der Waals surface area contributed by atoms with Crippen LogP contribution in [0.25, 0.3) is 49.1 Å². The summed E-state index contributed by atoms with van der Waals surface area (Å²) in [6.45, 7) is 10.5. The van der Waals surface area contributed by atoms with Gasteiger partial charge in [-0.1, -0.05) is 75.1 Å². The molecule has 4 heteroatoms. The number of fused-ring (bicyclic) bond motifs is 5. The molecule has 3 nitrogen and oxygen atoms in total. The number of benzene rings is 4. The molecular formula is C28H23BO3. The molecule has 0 saturated heterocycles. The Kier molecular flexibility index (Phi) is 3.84. The van der Waals surface area contributed by atoms with Crippen LogP contribution in [0.1, 0.15) is 31.9 Å². The molecule has 1 heterocycles. The standard InChI is InChI=1S/C28H23BO3/c1-5-9-17-20-14-19-16-11-8-7-10-15(16)18-12-13-22(29(30)31)26-23(18)24(19)27(32-26)25(20)28(3,4)21(17)6-2/h5-14,30-31H,1H2,2-4H3/b17-9-,21-6+. The Labute approximate surface area is 186 Å². The molecule has 0 atom stereocenters. The van der Waals surface area contributed by atoms with Gasteiger partial charge < -0.3 is 14.5 Å². The van der Waals surface area contributed by atoms with E-state index in [0.717, 1.165) is 54.6 Å². The molecule has 0 amide bonds. The first-order valence-electron chi connectivity index (χ1n) is 10.9. The van der Waals surface area contributed by atoms with Crippen LogP contribution in [0.5, 0.6) is 0 Å². The van der Waals surface area contributed by atoms with Gasteiger partial charge in [-0.25, -0.2) is 0 Å². The summed E-state index contributed by atoms with van der Waals surface area (Å²) in [5.41, 5.74) is 6.19. The van der Waals surface area contributed by atoms with Crippen molar-refractivity contribution < 1.29 is 14.5 Å². The second-order valence-corrected chi connectivity index (χ2v) is 9.12. The number of furan rings is 1. The zero-order chi connectivity index (χ0) is 22.4. The van der Waals surface area contributed by atoms with E-state index in [4.69, 9.17) is 4.42 Å². The van der Waals surface area contributed by atoms with Gasteiger partial charge in [-0.05, 0) is 51.2 Å². The summed E-state index contributed by atoms with van der Waals surface area (Å²) in [5, 5.41) is 26.6. The van der Waals surface area contributed by atoms with E-state index in [0.29, 0.717) is 11.0 Å². The molecule has 1 aliphatic carbocycles. The number of allylic oxidation sites excluding steroid dienone is 5. The first kappa shape index (κ1) is 19.4. The molecule has 0 bridgehead atoms. The van der Waals surface area contributed by atoms with Crippen LogP contribution in [0.2, 0.25) is 0 Å². The van der Waals surface area contributed by atoms with Gasteiger partial charge in [-0.3, -0.25) is 0 Å². The van der Waals surface area contributed by atoms with E-state index in [9.17, 15) is 10.0 Å². The third kappa shape index (κ3) is 2.18. The molecular weight excluding hydrogens is 395 g/mol. The molecule has 5 aromatic rings. The predicted octanol–water partition coefficient (Wildman–Crippen LogP) is 5.82. The Morgan fingerprint density at radius 3 is 2.28 bits per heavy atom. The van der Waals surface area contributed by atoms with Gasteiger partial charge in [0.25, 0.3) is 0 Å². The summed E-state index contributed by atoms with van der Waals surface area (Å²) in [6, 6.07) is 14.4. The van der Waals surface area contributed by atoms with Crippen molar-refractivity contribution >= 4 is 61.6 Å². The van der Waals surface area contributed by atoms with Crippen LogP contribution in [-0.2, 0) is 5.41 Å². The van der Waals surface area contributed by atoms with Gasteiger partial charge in [0.05, 0.1) is 0 Å². The normalized spacial score (nSPS) is 18.0. The zero-order valence-electron chi connectivity index (χ0n) is 18.4. The predicted molar refractivity (Wildman–Crippen MR) is 135 cm³/mol. The Balaban J connectivity index is 1.96. The summed E-state index contributed by atoms with van der Waals surface area (Å²) < 4.78 is 6.58. The highest BCUT2D eigenvalue weighted by Crippen LogP contribution is 2.55. The van der Waals surface area contributed by atoms with Crippen molar-refractivity contribution in [1.82, 2.24) is 0 Å². The number of rotatable bonds is 2. The lowest BCUT2D eigenvalue weighted by molar-refractivity contribution is 0.425. The summed E-state index contributed by atoms with van der Waals surface area (Å²) >= 11 is 0. The average Bonchev–Trinajstić information content (AvgIpc) is 3.26. The van der Waals surface area contributed by atoms with E-state index in [-0.39, 0.29) is 5.41 Å². The molecule has 1 aliphatic rings. The van der Waals surface area contributed by atoms with Crippen molar-refractivity contribution in [2.24, 2.45) is 0 Å². The van der Waals surface area contributed by atoms with E-state index >= 15 is 0 Å². The van der Waals surface area contributed by atoms with Crippen molar-refractivity contribution in [1.29, 1.82) is 0 Å². The molecule has 32 heavy (non-hydrogen) atoms. The second kappa shape index (κ2) is 6.35. The molecule has 0 spiro atoms. The quantitative estimate of drug-likeness (QED) is 0.281. The van der Waals surface area contributed by atoms with Crippen molar-refractivity contribution in [3.05, 3.63) is 84.0 Å². The van der Waals surface area contributed by atoms with Crippen molar-refractivity contribution in [2.45, 2.75) is 26.2 Å². The topological polar surface area (TPSA) is 53.6 Å². The summed E-state index contributed by atoms with van der Waals surface area (Å²) in [4.78, 5) is 0. The van der Waals surface area contributed by atoms with Crippen LogP contribution >= 0.6 is 0 Å². The van der Waals surface area contributed by atoms with Crippen molar-refractivity contribution in [2.75, 3.05) is 0 Å². The van der Waals surface area contributed by atoms with Gasteiger partial charge in [0.2, 0.25) is 0 Å². The summed E-state index contributed by atoms with van der Waals surface area (Å²) in [6.07, 6.45) is 6.09.